The lowest BCUT2D eigenvalue weighted by Gasteiger charge is -2.25. The molecule has 3 heterocycles. The number of hydrogen-bond acceptors (Lipinski definition) is 4. The molecule has 0 bridgehead atoms. The zero-order chi connectivity index (χ0) is 27.0. The summed E-state index contributed by atoms with van der Waals surface area (Å²) in [7, 11) is 0. The zero-order valence-electron chi connectivity index (χ0n) is 20.5. The summed E-state index contributed by atoms with van der Waals surface area (Å²) in [5.41, 5.74) is 1.77. The van der Waals surface area contributed by atoms with Crippen molar-refractivity contribution in [3.8, 4) is 11.1 Å². The summed E-state index contributed by atoms with van der Waals surface area (Å²) in [4.78, 5) is 40.3. The van der Waals surface area contributed by atoms with E-state index in [0.29, 0.717) is 27.4 Å². The molecule has 0 radical (unpaired) electrons. The number of benzene rings is 2. The van der Waals surface area contributed by atoms with Crippen LogP contribution in [-0.2, 0) is 16.0 Å². The number of ketones is 1. The van der Waals surface area contributed by atoms with E-state index in [-0.39, 0.29) is 36.4 Å². The first kappa shape index (κ1) is 25.8. The third-order valence-electron chi connectivity index (χ3n) is 6.70. The van der Waals surface area contributed by atoms with Gasteiger partial charge < -0.3 is 9.72 Å². The third-order valence-corrected chi connectivity index (χ3v) is 7.03. The van der Waals surface area contributed by atoms with E-state index >= 15 is 4.39 Å². The number of amides is 2. The first-order valence-corrected chi connectivity index (χ1v) is 12.5. The molecule has 2 aromatic carbocycles. The van der Waals surface area contributed by atoms with Gasteiger partial charge in [0.05, 0.1) is 23.7 Å². The van der Waals surface area contributed by atoms with Crippen LogP contribution in [0.25, 0.3) is 16.6 Å². The molecule has 194 valence electrons. The Hall–Kier alpha value is -3.88. The van der Waals surface area contributed by atoms with Crippen LogP contribution in [0.3, 0.4) is 0 Å². The van der Waals surface area contributed by atoms with Crippen molar-refractivity contribution in [1.82, 2.24) is 9.72 Å². The van der Waals surface area contributed by atoms with Gasteiger partial charge in [0.15, 0.2) is 11.6 Å². The molecule has 0 saturated carbocycles. The van der Waals surface area contributed by atoms with E-state index < -0.39 is 29.8 Å². The molecule has 1 N–H and O–H groups in total. The number of carbonyl (C=O) groups excluding carboxylic acids is 3. The number of nitrogens with one attached hydrogen (secondary N) is 1. The van der Waals surface area contributed by atoms with Crippen LogP contribution in [0.2, 0.25) is 5.02 Å². The van der Waals surface area contributed by atoms with Crippen molar-refractivity contribution in [2.45, 2.75) is 32.0 Å². The summed E-state index contributed by atoms with van der Waals surface area (Å²) >= 11 is 6.30. The summed E-state index contributed by atoms with van der Waals surface area (Å²) in [5, 5.41) is 3.09. The van der Waals surface area contributed by atoms with Crippen molar-refractivity contribution in [3.63, 3.8) is 0 Å². The molecule has 4 aromatic rings. The third kappa shape index (κ3) is 4.73. The number of pyridine rings is 1. The quantitative estimate of drug-likeness (QED) is 0.335. The molecule has 1 saturated heterocycles. The van der Waals surface area contributed by atoms with E-state index in [0.717, 1.165) is 4.90 Å². The fraction of sp³-hybridized carbons (Fsp3) is 0.207. The smallest absolute Gasteiger partial charge is 0.251 e. The molecule has 2 amide bonds. The number of nitrogens with zero attached hydrogens (tertiary/aromatic N) is 2. The second kappa shape index (κ2) is 10.5. The van der Waals surface area contributed by atoms with Gasteiger partial charge in [-0.15, -0.1) is 0 Å². The molecule has 5 rings (SSSR count). The Kier molecular flexibility index (Phi) is 7.10. The number of carbonyl (C=O) groups is 3. The number of halogens is 3. The number of aromatic nitrogens is 1. The maximum absolute atomic E-state index is 16.0. The van der Waals surface area contributed by atoms with Gasteiger partial charge in [0, 0.05) is 46.6 Å². The Balaban J connectivity index is 1.59. The molecule has 0 aliphatic carbocycles. The predicted molar refractivity (Wildman–Crippen MR) is 142 cm³/mol. The van der Waals surface area contributed by atoms with Gasteiger partial charge >= 0.3 is 0 Å². The van der Waals surface area contributed by atoms with Gasteiger partial charge in [-0.1, -0.05) is 48.0 Å². The lowest BCUT2D eigenvalue weighted by molar-refractivity contribution is -0.127. The van der Waals surface area contributed by atoms with Crippen LogP contribution in [0, 0.1) is 5.82 Å². The molecule has 9 heteroatoms. The van der Waals surface area contributed by atoms with Crippen molar-refractivity contribution >= 4 is 40.4 Å². The summed E-state index contributed by atoms with van der Waals surface area (Å²) in [6, 6.07) is 16.9. The first-order valence-electron chi connectivity index (χ1n) is 12.1. The largest absolute Gasteiger partial charge is 0.320 e. The summed E-state index contributed by atoms with van der Waals surface area (Å²) in [6.45, 7) is 1.39. The van der Waals surface area contributed by atoms with Crippen LogP contribution >= 0.6 is 11.6 Å². The van der Waals surface area contributed by atoms with Crippen LogP contribution < -0.4 is 10.2 Å². The van der Waals surface area contributed by atoms with Gasteiger partial charge in [0.1, 0.15) is 6.17 Å². The van der Waals surface area contributed by atoms with Crippen LogP contribution in [0.15, 0.2) is 72.9 Å². The highest BCUT2D eigenvalue weighted by molar-refractivity contribution is 6.33. The number of anilines is 1. The SMILES string of the molecule is CC(=O)c1cc(CC(=O)N(C(=O)[C@@H]2C[C@@H](F)CN2)c2cccc(-c3ccccc3Cl)c2F)n2ccccc12. The molecular formula is C29H24ClF2N3O3. The highest BCUT2D eigenvalue weighted by Crippen LogP contribution is 2.35. The molecule has 1 aliphatic rings. The van der Waals surface area contributed by atoms with Gasteiger partial charge in [-0.05, 0) is 37.3 Å². The Morgan fingerprint density at radius 2 is 1.79 bits per heavy atom. The Morgan fingerprint density at radius 3 is 2.50 bits per heavy atom. The summed E-state index contributed by atoms with van der Waals surface area (Å²) in [6.07, 6.45) is 0.0253. The minimum atomic E-state index is -1.26. The zero-order valence-corrected chi connectivity index (χ0v) is 21.2. The van der Waals surface area contributed by atoms with Crippen molar-refractivity contribution < 1.29 is 23.2 Å². The molecule has 2 atom stereocenters. The number of hydrogen-bond donors (Lipinski definition) is 1. The molecular weight excluding hydrogens is 512 g/mol. The van der Waals surface area contributed by atoms with E-state index in [1.165, 1.54) is 25.1 Å². The standard InChI is InChI=1S/C29H24ClF2N3O3/c1-17(36)22-14-19(34-12-5-4-10-25(22)34)15-27(37)35(29(38)24-13-18(31)16-33-24)26-11-6-8-21(28(26)32)20-7-2-3-9-23(20)30/h2-12,14,18,24,33H,13,15-16H2,1H3/t18-,24+/m1/s1. The van der Waals surface area contributed by atoms with Crippen molar-refractivity contribution in [2.75, 3.05) is 11.4 Å². The van der Waals surface area contributed by atoms with Gasteiger partial charge in [-0.25, -0.2) is 13.7 Å². The maximum Gasteiger partial charge on any atom is 0.251 e. The second-order valence-corrected chi connectivity index (χ2v) is 9.63. The van der Waals surface area contributed by atoms with E-state index in [1.807, 2.05) is 0 Å². The monoisotopic (exact) mass is 535 g/mol. The van der Waals surface area contributed by atoms with Crippen LogP contribution in [0.1, 0.15) is 29.4 Å². The minimum absolute atomic E-state index is 0.0358. The molecule has 0 unspecified atom stereocenters. The molecule has 38 heavy (non-hydrogen) atoms. The average molecular weight is 536 g/mol. The highest BCUT2D eigenvalue weighted by atomic mass is 35.5. The first-order chi connectivity index (χ1) is 18.3. The van der Waals surface area contributed by atoms with Crippen LogP contribution in [0.5, 0.6) is 0 Å². The molecule has 1 fully saturated rings. The summed E-state index contributed by atoms with van der Waals surface area (Å²) < 4.78 is 31.7. The molecule has 6 nitrogen and oxygen atoms in total. The fourth-order valence-corrected chi connectivity index (χ4v) is 5.11. The average Bonchev–Trinajstić information content (AvgIpc) is 3.50. The van der Waals surface area contributed by atoms with Crippen molar-refractivity contribution in [3.05, 3.63) is 95.0 Å². The highest BCUT2D eigenvalue weighted by Gasteiger charge is 2.37. The fourth-order valence-electron chi connectivity index (χ4n) is 4.87. The van der Waals surface area contributed by atoms with E-state index in [2.05, 4.69) is 5.32 Å². The Bertz CT molecular complexity index is 1570. The molecule has 2 aromatic heterocycles. The van der Waals surface area contributed by atoms with E-state index in [9.17, 15) is 18.8 Å². The lowest BCUT2D eigenvalue weighted by Crippen LogP contribution is -2.48. The van der Waals surface area contributed by atoms with Crippen molar-refractivity contribution in [1.29, 1.82) is 0 Å². The molecule has 1 aliphatic heterocycles. The number of rotatable bonds is 6. The normalized spacial score (nSPS) is 17.1. The van der Waals surface area contributed by atoms with Crippen LogP contribution in [0.4, 0.5) is 14.5 Å². The maximum atomic E-state index is 16.0. The lowest BCUT2D eigenvalue weighted by atomic mass is 10.0. The number of imide groups is 1. The number of Topliss-reactive ketones (excluding diaryl/α,β-unsaturated/α-hetero) is 1. The van der Waals surface area contributed by atoms with Crippen LogP contribution in [-0.4, -0.2) is 40.8 Å². The van der Waals surface area contributed by atoms with E-state index in [4.69, 9.17) is 11.6 Å². The molecule has 0 spiro atoms. The Labute approximate surface area is 222 Å². The number of alkyl halides is 1. The number of fused-ring (bicyclic) bond motifs is 1. The van der Waals surface area contributed by atoms with Gasteiger partial charge in [-0.3, -0.25) is 14.4 Å². The topological polar surface area (TPSA) is 70.9 Å². The van der Waals surface area contributed by atoms with Gasteiger partial charge in [0.2, 0.25) is 5.91 Å². The minimum Gasteiger partial charge on any atom is -0.320 e. The summed E-state index contributed by atoms with van der Waals surface area (Å²) in [5.74, 6) is -2.45. The second-order valence-electron chi connectivity index (χ2n) is 9.22. The van der Waals surface area contributed by atoms with Crippen molar-refractivity contribution in [2.24, 2.45) is 0 Å². The predicted octanol–water partition coefficient (Wildman–Crippen LogP) is 5.40. The van der Waals surface area contributed by atoms with Gasteiger partial charge in [0.25, 0.3) is 5.91 Å². The van der Waals surface area contributed by atoms with Gasteiger partial charge in [-0.2, -0.15) is 0 Å². The Morgan fingerprint density at radius 1 is 1.05 bits per heavy atom. The van der Waals surface area contributed by atoms with E-state index in [1.54, 1.807) is 59.1 Å².